The van der Waals surface area contributed by atoms with Gasteiger partial charge in [0, 0.05) is 12.6 Å². The maximum Gasteiger partial charge on any atom is 0.0949 e. The van der Waals surface area contributed by atoms with Crippen LogP contribution in [0.15, 0.2) is 0 Å². The highest BCUT2D eigenvalue weighted by Gasteiger charge is 2.23. The quantitative estimate of drug-likeness (QED) is 0.634. The largest absolute Gasteiger partial charge is 0.305 e. The summed E-state index contributed by atoms with van der Waals surface area (Å²) in [5.74, 6) is 0. The number of likely N-dealkylation sites (tertiary alicyclic amines) is 1. The van der Waals surface area contributed by atoms with E-state index in [1.54, 1.807) is 0 Å². The topological polar surface area (TPSA) is 30.3 Å². The van der Waals surface area contributed by atoms with E-state index in [1.165, 1.54) is 19.4 Å². The Bertz CT molecular complexity index is 197. The Morgan fingerprint density at radius 1 is 1.62 bits per heavy atom. The Kier molecular flexibility index (Phi) is 3.71. The highest BCUT2D eigenvalue weighted by Crippen LogP contribution is 2.14. The number of rotatable bonds is 2. The number of likely N-dealkylation sites (N-methyl/N-ethyl adjacent to an activating group) is 2. The van der Waals surface area contributed by atoms with Crippen LogP contribution >= 0.6 is 0 Å². The van der Waals surface area contributed by atoms with Crippen LogP contribution in [0.2, 0.25) is 0 Å². The highest BCUT2D eigenvalue weighted by atomic mass is 15.2. The van der Waals surface area contributed by atoms with Crippen LogP contribution in [0.25, 0.3) is 0 Å². The molecular weight excluding hydrogens is 162 g/mol. The van der Waals surface area contributed by atoms with E-state index in [4.69, 9.17) is 5.26 Å². The fraction of sp³-hybridized carbons (Fsp3) is 0.900. The summed E-state index contributed by atoms with van der Waals surface area (Å²) in [6.45, 7) is 4.27. The molecule has 13 heavy (non-hydrogen) atoms. The van der Waals surface area contributed by atoms with Crippen molar-refractivity contribution in [2.24, 2.45) is 0 Å². The van der Waals surface area contributed by atoms with E-state index in [2.05, 4.69) is 30.0 Å². The molecule has 0 aliphatic carbocycles. The molecule has 0 aromatic rings. The molecule has 2 unspecified atom stereocenters. The summed E-state index contributed by atoms with van der Waals surface area (Å²) in [6, 6.07) is 2.89. The molecule has 1 fully saturated rings. The van der Waals surface area contributed by atoms with Gasteiger partial charge < -0.3 is 4.90 Å². The van der Waals surface area contributed by atoms with Gasteiger partial charge in [0.25, 0.3) is 0 Å². The van der Waals surface area contributed by atoms with Crippen molar-refractivity contribution >= 4 is 0 Å². The van der Waals surface area contributed by atoms with Crippen molar-refractivity contribution in [3.05, 3.63) is 0 Å². The summed E-state index contributed by atoms with van der Waals surface area (Å²) in [5, 5.41) is 8.80. The first-order valence-electron chi connectivity index (χ1n) is 4.95. The van der Waals surface area contributed by atoms with Crippen molar-refractivity contribution in [1.82, 2.24) is 9.80 Å². The van der Waals surface area contributed by atoms with E-state index < -0.39 is 0 Å². The standard InChI is InChI=1S/C10H19N3/c1-9(7-11)13(3)10-5-4-6-12(2)8-10/h9-10H,4-6,8H2,1-3H3. The maximum absolute atomic E-state index is 8.80. The molecule has 3 nitrogen and oxygen atoms in total. The third-order valence-corrected chi connectivity index (χ3v) is 2.97. The maximum atomic E-state index is 8.80. The molecule has 0 amide bonds. The molecule has 0 bridgehead atoms. The molecule has 2 atom stereocenters. The van der Waals surface area contributed by atoms with Crippen molar-refractivity contribution in [3.8, 4) is 6.07 Å². The van der Waals surface area contributed by atoms with Crippen LogP contribution in [0.4, 0.5) is 0 Å². The lowest BCUT2D eigenvalue weighted by Crippen LogP contribution is -2.47. The molecule has 1 rings (SSSR count). The Balaban J connectivity index is 2.46. The fourth-order valence-electron chi connectivity index (χ4n) is 1.88. The van der Waals surface area contributed by atoms with Crippen LogP contribution in [0, 0.1) is 11.3 Å². The third-order valence-electron chi connectivity index (χ3n) is 2.97. The van der Waals surface area contributed by atoms with Gasteiger partial charge in [-0.3, -0.25) is 4.90 Å². The Labute approximate surface area is 80.9 Å². The molecule has 0 aromatic heterocycles. The summed E-state index contributed by atoms with van der Waals surface area (Å²) in [4.78, 5) is 4.53. The molecular formula is C10H19N3. The van der Waals surface area contributed by atoms with Gasteiger partial charge in [0.1, 0.15) is 0 Å². The minimum absolute atomic E-state index is 0.0384. The van der Waals surface area contributed by atoms with Gasteiger partial charge >= 0.3 is 0 Å². The molecule has 74 valence electrons. The minimum atomic E-state index is 0.0384. The number of hydrogen-bond acceptors (Lipinski definition) is 3. The van der Waals surface area contributed by atoms with Gasteiger partial charge in [0.05, 0.1) is 12.1 Å². The number of nitriles is 1. The second-order valence-electron chi connectivity index (χ2n) is 4.03. The van der Waals surface area contributed by atoms with Gasteiger partial charge in [-0.2, -0.15) is 5.26 Å². The molecule has 1 aliphatic rings. The number of hydrogen-bond donors (Lipinski definition) is 0. The zero-order chi connectivity index (χ0) is 9.84. The minimum Gasteiger partial charge on any atom is -0.305 e. The predicted molar refractivity (Wildman–Crippen MR) is 53.4 cm³/mol. The van der Waals surface area contributed by atoms with Gasteiger partial charge in [-0.25, -0.2) is 0 Å². The van der Waals surface area contributed by atoms with Crippen molar-refractivity contribution < 1.29 is 0 Å². The van der Waals surface area contributed by atoms with Crippen LogP contribution in [0.5, 0.6) is 0 Å². The van der Waals surface area contributed by atoms with Crippen molar-refractivity contribution in [3.63, 3.8) is 0 Å². The average molecular weight is 181 g/mol. The van der Waals surface area contributed by atoms with Crippen molar-refractivity contribution in [2.45, 2.75) is 31.8 Å². The van der Waals surface area contributed by atoms with Crippen LogP contribution in [-0.2, 0) is 0 Å². The molecule has 0 aromatic carbocycles. The molecule has 0 N–H and O–H groups in total. The zero-order valence-electron chi connectivity index (χ0n) is 8.82. The van der Waals surface area contributed by atoms with E-state index in [9.17, 15) is 0 Å². The normalized spacial score (nSPS) is 27.2. The first kappa shape index (κ1) is 10.5. The lowest BCUT2D eigenvalue weighted by molar-refractivity contribution is 0.122. The van der Waals surface area contributed by atoms with Gasteiger partial charge in [0.2, 0.25) is 0 Å². The molecule has 1 aliphatic heterocycles. The summed E-state index contributed by atoms with van der Waals surface area (Å²) >= 11 is 0. The summed E-state index contributed by atoms with van der Waals surface area (Å²) < 4.78 is 0. The first-order valence-corrected chi connectivity index (χ1v) is 4.95. The van der Waals surface area contributed by atoms with Gasteiger partial charge in [-0.1, -0.05) is 0 Å². The van der Waals surface area contributed by atoms with E-state index in [0.717, 1.165) is 6.54 Å². The Morgan fingerprint density at radius 2 is 2.31 bits per heavy atom. The van der Waals surface area contributed by atoms with Crippen molar-refractivity contribution in [2.75, 3.05) is 27.2 Å². The van der Waals surface area contributed by atoms with E-state index >= 15 is 0 Å². The summed E-state index contributed by atoms with van der Waals surface area (Å²) in [6.07, 6.45) is 2.48. The van der Waals surface area contributed by atoms with Crippen LogP contribution < -0.4 is 0 Å². The summed E-state index contributed by atoms with van der Waals surface area (Å²) in [5.41, 5.74) is 0. The second kappa shape index (κ2) is 4.59. The van der Waals surface area contributed by atoms with E-state index in [-0.39, 0.29) is 6.04 Å². The Morgan fingerprint density at radius 3 is 2.85 bits per heavy atom. The molecule has 0 radical (unpaired) electrons. The summed E-state index contributed by atoms with van der Waals surface area (Å²) in [7, 11) is 4.20. The van der Waals surface area contributed by atoms with E-state index in [0.29, 0.717) is 6.04 Å². The highest BCUT2D eigenvalue weighted by molar-refractivity contribution is 4.91. The zero-order valence-corrected chi connectivity index (χ0v) is 8.82. The molecule has 3 heteroatoms. The van der Waals surface area contributed by atoms with Crippen LogP contribution in [0.1, 0.15) is 19.8 Å². The lowest BCUT2D eigenvalue weighted by atomic mass is 10.0. The van der Waals surface area contributed by atoms with Crippen LogP contribution in [-0.4, -0.2) is 49.1 Å². The fourth-order valence-corrected chi connectivity index (χ4v) is 1.88. The number of nitrogens with zero attached hydrogens (tertiary/aromatic N) is 3. The molecule has 1 saturated heterocycles. The predicted octanol–water partition coefficient (Wildman–Crippen LogP) is 0.924. The monoisotopic (exact) mass is 181 g/mol. The van der Waals surface area contributed by atoms with Gasteiger partial charge in [0.15, 0.2) is 0 Å². The van der Waals surface area contributed by atoms with Gasteiger partial charge in [-0.15, -0.1) is 0 Å². The smallest absolute Gasteiger partial charge is 0.0949 e. The van der Waals surface area contributed by atoms with Gasteiger partial charge in [-0.05, 0) is 40.4 Å². The van der Waals surface area contributed by atoms with Crippen molar-refractivity contribution in [1.29, 1.82) is 5.26 Å². The molecule has 0 saturated carbocycles. The van der Waals surface area contributed by atoms with E-state index in [1.807, 2.05) is 6.92 Å². The average Bonchev–Trinajstić information content (AvgIpc) is 2.15. The lowest BCUT2D eigenvalue weighted by Gasteiger charge is -2.36. The molecule has 1 heterocycles. The third kappa shape index (κ3) is 2.68. The molecule has 0 spiro atoms. The van der Waals surface area contributed by atoms with Crippen LogP contribution in [0.3, 0.4) is 0 Å². The Hall–Kier alpha value is -0.590. The number of piperidine rings is 1. The second-order valence-corrected chi connectivity index (χ2v) is 4.03. The first-order chi connectivity index (χ1) is 6.15. The SMILES string of the molecule is CC(C#N)N(C)C1CCCN(C)C1.